The first-order valence-corrected chi connectivity index (χ1v) is 6.59. The number of hydrogen-bond donors (Lipinski definition) is 1. The molecule has 90 valence electrons. The van der Waals surface area contributed by atoms with E-state index < -0.39 is 0 Å². The monoisotopic (exact) mass is 212 g/mol. The van der Waals surface area contributed by atoms with Gasteiger partial charge in [0.25, 0.3) is 0 Å². The van der Waals surface area contributed by atoms with Crippen LogP contribution >= 0.6 is 0 Å². The average Bonchev–Trinajstić information content (AvgIpc) is 2.25. The van der Waals surface area contributed by atoms with E-state index in [4.69, 9.17) is 0 Å². The summed E-state index contributed by atoms with van der Waals surface area (Å²) in [7, 11) is 4.34. The van der Waals surface area contributed by atoms with Crippen molar-refractivity contribution < 1.29 is 0 Å². The van der Waals surface area contributed by atoms with Crippen LogP contribution in [0.5, 0.6) is 0 Å². The fraction of sp³-hybridized carbons (Fsp3) is 1.00. The van der Waals surface area contributed by atoms with E-state index in [1.54, 1.807) is 0 Å². The summed E-state index contributed by atoms with van der Waals surface area (Å²) in [5.74, 6) is 0.971. The van der Waals surface area contributed by atoms with Gasteiger partial charge in [0.1, 0.15) is 0 Å². The van der Waals surface area contributed by atoms with E-state index in [1.165, 1.54) is 45.1 Å². The summed E-state index contributed by atoms with van der Waals surface area (Å²) < 4.78 is 0. The minimum atomic E-state index is 0.871. The zero-order chi connectivity index (χ0) is 11.1. The topological polar surface area (TPSA) is 15.3 Å². The van der Waals surface area contributed by atoms with E-state index in [0.717, 1.165) is 18.5 Å². The maximum atomic E-state index is 3.21. The molecule has 1 aliphatic rings. The van der Waals surface area contributed by atoms with Crippen LogP contribution < -0.4 is 5.32 Å². The van der Waals surface area contributed by atoms with Crippen molar-refractivity contribution in [2.24, 2.45) is 5.92 Å². The van der Waals surface area contributed by atoms with E-state index in [9.17, 15) is 0 Å². The number of nitrogens with zero attached hydrogens (tertiary/aromatic N) is 1. The predicted molar refractivity (Wildman–Crippen MR) is 67.2 cm³/mol. The molecule has 2 nitrogen and oxygen atoms in total. The third-order valence-corrected chi connectivity index (χ3v) is 3.80. The van der Waals surface area contributed by atoms with E-state index >= 15 is 0 Å². The lowest BCUT2D eigenvalue weighted by Crippen LogP contribution is -2.35. The quantitative estimate of drug-likeness (QED) is 0.681. The molecule has 2 heteroatoms. The Hall–Kier alpha value is -0.0800. The second-order valence-corrected chi connectivity index (χ2v) is 5.20. The molecule has 1 rings (SSSR count). The van der Waals surface area contributed by atoms with Gasteiger partial charge in [0.15, 0.2) is 0 Å². The molecule has 0 bridgehead atoms. The smallest absolute Gasteiger partial charge is 0.00924 e. The summed E-state index contributed by atoms with van der Waals surface area (Å²) >= 11 is 0. The van der Waals surface area contributed by atoms with Crippen LogP contribution in [0.15, 0.2) is 0 Å². The largest absolute Gasteiger partial charge is 0.320 e. The Morgan fingerprint density at radius 3 is 2.40 bits per heavy atom. The molecule has 0 heterocycles. The Labute approximate surface area is 95.4 Å². The lowest BCUT2D eigenvalue weighted by atomic mass is 9.87. The van der Waals surface area contributed by atoms with Crippen molar-refractivity contribution in [3.05, 3.63) is 0 Å². The van der Waals surface area contributed by atoms with Crippen molar-refractivity contribution in [3.8, 4) is 0 Å². The molecule has 0 saturated heterocycles. The highest BCUT2D eigenvalue weighted by Crippen LogP contribution is 2.26. The van der Waals surface area contributed by atoms with Gasteiger partial charge in [-0.2, -0.15) is 0 Å². The Balaban J connectivity index is 2.08. The van der Waals surface area contributed by atoms with Crippen LogP contribution in [-0.4, -0.2) is 38.1 Å². The fourth-order valence-corrected chi connectivity index (χ4v) is 2.53. The standard InChI is InChI=1S/C13H28N2/c1-12-6-8-13(9-7-12)15(3)11-5-4-10-14-2/h12-14H,4-11H2,1-3H3. The van der Waals surface area contributed by atoms with Crippen molar-refractivity contribution >= 4 is 0 Å². The summed E-state index contributed by atoms with van der Waals surface area (Å²) in [5.41, 5.74) is 0. The molecule has 1 aliphatic carbocycles. The number of rotatable bonds is 6. The molecule has 0 radical (unpaired) electrons. The van der Waals surface area contributed by atoms with Crippen molar-refractivity contribution in [1.29, 1.82) is 0 Å². The summed E-state index contributed by atoms with van der Waals surface area (Å²) in [4.78, 5) is 2.58. The summed E-state index contributed by atoms with van der Waals surface area (Å²) in [6.07, 6.45) is 8.36. The SMILES string of the molecule is CNCCCCN(C)C1CCC(C)CC1. The number of nitrogens with one attached hydrogen (secondary N) is 1. The van der Waals surface area contributed by atoms with E-state index in [-0.39, 0.29) is 0 Å². The number of hydrogen-bond acceptors (Lipinski definition) is 2. The highest BCUT2D eigenvalue weighted by Gasteiger charge is 2.20. The van der Waals surface area contributed by atoms with Crippen molar-refractivity contribution in [1.82, 2.24) is 10.2 Å². The van der Waals surface area contributed by atoms with Gasteiger partial charge in [-0.25, -0.2) is 0 Å². The molecule has 0 spiro atoms. The maximum Gasteiger partial charge on any atom is 0.00924 e. The molecule has 1 N–H and O–H groups in total. The number of unbranched alkanes of at least 4 members (excludes halogenated alkanes) is 1. The molecule has 0 aliphatic heterocycles. The van der Waals surface area contributed by atoms with Gasteiger partial charge >= 0.3 is 0 Å². The molecular weight excluding hydrogens is 184 g/mol. The zero-order valence-corrected chi connectivity index (χ0v) is 10.8. The molecule has 0 amide bonds. The van der Waals surface area contributed by atoms with Crippen molar-refractivity contribution in [3.63, 3.8) is 0 Å². The first-order valence-electron chi connectivity index (χ1n) is 6.59. The molecule has 1 fully saturated rings. The lowest BCUT2D eigenvalue weighted by Gasteiger charge is -2.33. The van der Waals surface area contributed by atoms with Gasteiger partial charge in [0.2, 0.25) is 0 Å². The molecule has 0 aromatic heterocycles. The predicted octanol–water partition coefficient (Wildman–Crippen LogP) is 2.50. The average molecular weight is 212 g/mol. The van der Waals surface area contributed by atoms with Crippen LogP contribution in [-0.2, 0) is 0 Å². The van der Waals surface area contributed by atoms with Gasteiger partial charge in [-0.05, 0) is 71.6 Å². The van der Waals surface area contributed by atoms with Crippen molar-refractivity contribution in [2.75, 3.05) is 27.2 Å². The molecule has 1 saturated carbocycles. The van der Waals surface area contributed by atoms with Crippen LogP contribution in [0.2, 0.25) is 0 Å². The highest BCUT2D eigenvalue weighted by atomic mass is 15.1. The van der Waals surface area contributed by atoms with Crippen LogP contribution in [0.25, 0.3) is 0 Å². The lowest BCUT2D eigenvalue weighted by molar-refractivity contribution is 0.168. The third-order valence-electron chi connectivity index (χ3n) is 3.80. The van der Waals surface area contributed by atoms with E-state index in [0.29, 0.717) is 0 Å². The minimum Gasteiger partial charge on any atom is -0.320 e. The highest BCUT2D eigenvalue weighted by molar-refractivity contribution is 4.76. The third kappa shape index (κ3) is 4.98. The molecule has 15 heavy (non-hydrogen) atoms. The fourth-order valence-electron chi connectivity index (χ4n) is 2.53. The summed E-state index contributed by atoms with van der Waals surface area (Å²) in [6, 6.07) is 0.871. The van der Waals surface area contributed by atoms with Crippen LogP contribution in [0, 0.1) is 5.92 Å². The molecule has 0 aromatic carbocycles. The van der Waals surface area contributed by atoms with Gasteiger partial charge in [0.05, 0.1) is 0 Å². The first-order chi connectivity index (χ1) is 7.24. The Morgan fingerprint density at radius 2 is 1.80 bits per heavy atom. The van der Waals surface area contributed by atoms with Gasteiger partial charge in [-0.3, -0.25) is 0 Å². The molecule has 0 unspecified atom stereocenters. The summed E-state index contributed by atoms with van der Waals surface area (Å²) in [5, 5.41) is 3.21. The molecule has 0 aromatic rings. The van der Waals surface area contributed by atoms with Gasteiger partial charge in [-0.1, -0.05) is 6.92 Å². The first kappa shape index (κ1) is 13.0. The molecular formula is C13H28N2. The van der Waals surface area contributed by atoms with Crippen LogP contribution in [0.1, 0.15) is 45.4 Å². The van der Waals surface area contributed by atoms with Crippen LogP contribution in [0.3, 0.4) is 0 Å². The van der Waals surface area contributed by atoms with Gasteiger partial charge in [-0.15, -0.1) is 0 Å². The van der Waals surface area contributed by atoms with E-state index in [1.807, 2.05) is 7.05 Å². The molecule has 0 atom stereocenters. The normalized spacial score (nSPS) is 27.2. The Bertz CT molecular complexity index is 151. The van der Waals surface area contributed by atoms with Crippen molar-refractivity contribution in [2.45, 2.75) is 51.5 Å². The second kappa shape index (κ2) is 7.24. The minimum absolute atomic E-state index is 0.871. The Morgan fingerprint density at radius 1 is 1.13 bits per heavy atom. The zero-order valence-electron chi connectivity index (χ0n) is 10.8. The summed E-state index contributed by atoms with van der Waals surface area (Å²) in [6.45, 7) is 4.83. The second-order valence-electron chi connectivity index (χ2n) is 5.20. The maximum absolute atomic E-state index is 3.21. The van der Waals surface area contributed by atoms with Gasteiger partial charge in [0, 0.05) is 6.04 Å². The van der Waals surface area contributed by atoms with Gasteiger partial charge < -0.3 is 10.2 Å². The Kier molecular flexibility index (Phi) is 6.26. The van der Waals surface area contributed by atoms with E-state index in [2.05, 4.69) is 24.2 Å². The van der Waals surface area contributed by atoms with Crippen LogP contribution in [0.4, 0.5) is 0 Å².